The standard InChI is InChI=1S/C17H18N4O4/c1-2-10-5-3-4-6-12(10)21-15(23)13-7-11(9-19(13)17(21)25)20-14(22)8-18-16(20)24/h3-6,11,13H,2,7-9H2,1H3,(H,18,24)/t11-,13-/m0/s1. The van der Waals surface area contributed by atoms with Crippen LogP contribution in [0.3, 0.4) is 0 Å². The molecule has 0 bridgehead atoms. The van der Waals surface area contributed by atoms with E-state index in [0.717, 1.165) is 10.5 Å². The molecule has 0 unspecified atom stereocenters. The van der Waals surface area contributed by atoms with Gasteiger partial charge in [0.25, 0.3) is 5.91 Å². The van der Waals surface area contributed by atoms with Gasteiger partial charge in [0.15, 0.2) is 0 Å². The molecule has 2 atom stereocenters. The van der Waals surface area contributed by atoms with Crippen LogP contribution in [0.2, 0.25) is 0 Å². The summed E-state index contributed by atoms with van der Waals surface area (Å²) in [4.78, 5) is 53.2. The molecule has 1 aromatic rings. The first kappa shape index (κ1) is 15.6. The highest BCUT2D eigenvalue weighted by atomic mass is 16.2. The van der Waals surface area contributed by atoms with E-state index in [1.165, 1.54) is 9.80 Å². The molecule has 0 aliphatic carbocycles. The Balaban J connectivity index is 1.60. The number of imide groups is 2. The van der Waals surface area contributed by atoms with E-state index in [0.29, 0.717) is 12.1 Å². The molecule has 130 valence electrons. The zero-order valence-electron chi connectivity index (χ0n) is 13.8. The quantitative estimate of drug-likeness (QED) is 0.819. The highest BCUT2D eigenvalue weighted by Crippen LogP contribution is 2.35. The smallest absolute Gasteiger partial charge is 0.329 e. The topological polar surface area (TPSA) is 90.0 Å². The fourth-order valence-corrected chi connectivity index (χ4v) is 3.87. The number of fused-ring (bicyclic) bond motifs is 1. The average Bonchev–Trinajstić information content (AvgIpc) is 3.24. The number of anilines is 1. The fraction of sp³-hybridized carbons (Fsp3) is 0.412. The Labute approximate surface area is 144 Å². The molecule has 4 rings (SSSR count). The first-order valence-electron chi connectivity index (χ1n) is 8.35. The number of amides is 6. The van der Waals surface area contributed by atoms with Crippen LogP contribution in [0.5, 0.6) is 0 Å². The van der Waals surface area contributed by atoms with Crippen LogP contribution in [0.1, 0.15) is 18.9 Å². The molecule has 0 aromatic heterocycles. The van der Waals surface area contributed by atoms with Gasteiger partial charge in [0, 0.05) is 6.54 Å². The van der Waals surface area contributed by atoms with Gasteiger partial charge in [-0.3, -0.25) is 14.5 Å². The third kappa shape index (κ3) is 2.20. The Morgan fingerprint density at radius 1 is 1.16 bits per heavy atom. The molecule has 0 spiro atoms. The molecule has 3 heterocycles. The lowest BCUT2D eigenvalue weighted by atomic mass is 10.1. The van der Waals surface area contributed by atoms with Crippen LogP contribution in [0.15, 0.2) is 24.3 Å². The number of aryl methyl sites for hydroxylation is 1. The maximum atomic E-state index is 12.8. The summed E-state index contributed by atoms with van der Waals surface area (Å²) in [6.45, 7) is 2.13. The van der Waals surface area contributed by atoms with E-state index in [-0.39, 0.29) is 37.4 Å². The van der Waals surface area contributed by atoms with Crippen molar-refractivity contribution in [1.29, 1.82) is 0 Å². The maximum absolute atomic E-state index is 12.8. The van der Waals surface area contributed by atoms with Crippen LogP contribution in [0, 0.1) is 0 Å². The number of hydrogen-bond donors (Lipinski definition) is 1. The van der Waals surface area contributed by atoms with Gasteiger partial charge in [-0.25, -0.2) is 14.5 Å². The minimum absolute atomic E-state index is 0.0299. The van der Waals surface area contributed by atoms with E-state index < -0.39 is 18.1 Å². The molecule has 0 saturated carbocycles. The minimum Gasteiger partial charge on any atom is -0.329 e. The van der Waals surface area contributed by atoms with Crippen molar-refractivity contribution in [3.8, 4) is 0 Å². The summed E-state index contributed by atoms with van der Waals surface area (Å²) in [5.74, 6) is -0.607. The summed E-state index contributed by atoms with van der Waals surface area (Å²) in [6.07, 6.45) is 0.998. The number of benzene rings is 1. The molecule has 3 saturated heterocycles. The van der Waals surface area contributed by atoms with Crippen LogP contribution in [-0.2, 0) is 16.0 Å². The second kappa shape index (κ2) is 5.58. The molecule has 8 nitrogen and oxygen atoms in total. The van der Waals surface area contributed by atoms with Gasteiger partial charge in [-0.1, -0.05) is 25.1 Å². The molecule has 3 aliphatic rings. The molecule has 1 aromatic carbocycles. The van der Waals surface area contributed by atoms with E-state index in [9.17, 15) is 19.2 Å². The number of hydrogen-bond acceptors (Lipinski definition) is 4. The predicted octanol–water partition coefficient (Wildman–Crippen LogP) is 0.710. The van der Waals surface area contributed by atoms with Gasteiger partial charge in [-0.2, -0.15) is 0 Å². The number of nitrogens with one attached hydrogen (secondary N) is 1. The zero-order valence-corrected chi connectivity index (χ0v) is 13.8. The summed E-state index contributed by atoms with van der Waals surface area (Å²) in [5, 5.41) is 2.47. The van der Waals surface area contributed by atoms with Crippen molar-refractivity contribution < 1.29 is 19.2 Å². The Kier molecular flexibility index (Phi) is 3.48. The first-order valence-corrected chi connectivity index (χ1v) is 8.35. The summed E-state index contributed by atoms with van der Waals surface area (Å²) in [5.41, 5.74) is 1.54. The Morgan fingerprint density at radius 2 is 1.92 bits per heavy atom. The number of carbonyl (C=O) groups is 4. The molecule has 6 amide bonds. The summed E-state index contributed by atoms with van der Waals surface area (Å²) in [6, 6.07) is 5.44. The molecule has 1 N–H and O–H groups in total. The van der Waals surface area contributed by atoms with E-state index in [4.69, 9.17) is 0 Å². The second-order valence-electron chi connectivity index (χ2n) is 6.42. The van der Waals surface area contributed by atoms with Crippen molar-refractivity contribution in [2.45, 2.75) is 31.8 Å². The predicted molar refractivity (Wildman–Crippen MR) is 87.8 cm³/mol. The minimum atomic E-state index is -0.622. The van der Waals surface area contributed by atoms with Crippen LogP contribution in [0.4, 0.5) is 15.3 Å². The molecular formula is C17H18N4O4. The van der Waals surface area contributed by atoms with Gasteiger partial charge in [-0.15, -0.1) is 0 Å². The van der Waals surface area contributed by atoms with Crippen molar-refractivity contribution in [1.82, 2.24) is 15.1 Å². The number of nitrogens with zero attached hydrogens (tertiary/aromatic N) is 3. The molecule has 25 heavy (non-hydrogen) atoms. The van der Waals surface area contributed by atoms with Crippen LogP contribution < -0.4 is 10.2 Å². The maximum Gasteiger partial charge on any atom is 0.332 e. The van der Waals surface area contributed by atoms with Crippen LogP contribution >= 0.6 is 0 Å². The lowest BCUT2D eigenvalue weighted by molar-refractivity contribution is -0.126. The number of rotatable bonds is 3. The van der Waals surface area contributed by atoms with Crippen molar-refractivity contribution in [2.24, 2.45) is 0 Å². The number of para-hydroxylation sites is 1. The van der Waals surface area contributed by atoms with E-state index in [2.05, 4.69) is 5.32 Å². The largest absolute Gasteiger partial charge is 0.332 e. The Bertz CT molecular complexity index is 753. The van der Waals surface area contributed by atoms with Gasteiger partial charge in [0.2, 0.25) is 5.91 Å². The summed E-state index contributed by atoms with van der Waals surface area (Å²) in [7, 11) is 0. The number of carbonyl (C=O) groups excluding carboxylic acids is 4. The SMILES string of the molecule is CCc1ccccc1N1C(=O)[C@@H]2C[C@H](N3C(=O)CNC3=O)CN2C1=O. The monoisotopic (exact) mass is 342 g/mol. The Morgan fingerprint density at radius 3 is 2.56 bits per heavy atom. The summed E-state index contributed by atoms with van der Waals surface area (Å²) >= 11 is 0. The average molecular weight is 342 g/mol. The number of urea groups is 2. The van der Waals surface area contributed by atoms with E-state index in [1.807, 2.05) is 19.1 Å². The lowest BCUT2D eigenvalue weighted by Crippen LogP contribution is -2.44. The second-order valence-corrected chi connectivity index (χ2v) is 6.42. The van der Waals surface area contributed by atoms with E-state index in [1.54, 1.807) is 12.1 Å². The third-order valence-corrected chi connectivity index (χ3v) is 5.08. The van der Waals surface area contributed by atoms with Crippen LogP contribution in [0.25, 0.3) is 0 Å². The Hall–Kier alpha value is -2.90. The van der Waals surface area contributed by atoms with E-state index >= 15 is 0 Å². The summed E-state index contributed by atoms with van der Waals surface area (Å²) < 4.78 is 0. The van der Waals surface area contributed by atoms with Crippen LogP contribution in [-0.4, -0.2) is 58.8 Å². The van der Waals surface area contributed by atoms with Crippen molar-refractivity contribution in [3.05, 3.63) is 29.8 Å². The fourth-order valence-electron chi connectivity index (χ4n) is 3.87. The molecular weight excluding hydrogens is 324 g/mol. The molecule has 8 heteroatoms. The van der Waals surface area contributed by atoms with Gasteiger partial charge >= 0.3 is 12.1 Å². The first-order chi connectivity index (χ1) is 12.0. The highest BCUT2D eigenvalue weighted by molar-refractivity contribution is 6.22. The van der Waals surface area contributed by atoms with Gasteiger partial charge < -0.3 is 10.2 Å². The molecule has 0 radical (unpaired) electrons. The molecule has 3 fully saturated rings. The van der Waals surface area contributed by atoms with Gasteiger partial charge in [0.1, 0.15) is 6.04 Å². The lowest BCUT2D eigenvalue weighted by Gasteiger charge is -2.23. The van der Waals surface area contributed by atoms with Gasteiger partial charge in [0.05, 0.1) is 18.3 Å². The van der Waals surface area contributed by atoms with Crippen molar-refractivity contribution in [3.63, 3.8) is 0 Å². The normalized spacial score (nSPS) is 25.9. The highest BCUT2D eigenvalue weighted by Gasteiger charge is 2.54. The third-order valence-electron chi connectivity index (χ3n) is 5.08. The van der Waals surface area contributed by atoms with Crippen molar-refractivity contribution in [2.75, 3.05) is 18.0 Å². The van der Waals surface area contributed by atoms with Crippen molar-refractivity contribution >= 4 is 29.6 Å². The molecule has 3 aliphatic heterocycles. The zero-order chi connectivity index (χ0) is 17.7. The van der Waals surface area contributed by atoms with Gasteiger partial charge in [-0.05, 0) is 24.5 Å².